The molecule has 0 spiro atoms. The number of benzene rings is 1. The molecule has 0 bridgehead atoms. The van der Waals surface area contributed by atoms with Crippen molar-refractivity contribution >= 4 is 5.91 Å². The fourth-order valence-corrected chi connectivity index (χ4v) is 2.50. The Hall–Kier alpha value is -1.49. The zero-order valence-electron chi connectivity index (χ0n) is 11.7. The maximum absolute atomic E-state index is 13.7. The second-order valence-electron chi connectivity index (χ2n) is 5.06. The molecular formula is C15H20F2N2O. The van der Waals surface area contributed by atoms with Gasteiger partial charge >= 0.3 is 0 Å². The Balaban J connectivity index is 2.10. The van der Waals surface area contributed by atoms with Crippen LogP contribution in [-0.2, 0) is 11.3 Å². The summed E-state index contributed by atoms with van der Waals surface area (Å²) in [6.07, 6.45) is 2.86. The highest BCUT2D eigenvalue weighted by Gasteiger charge is 2.26. The number of hydrogen-bond donors (Lipinski definition) is 1. The van der Waals surface area contributed by atoms with E-state index >= 15 is 0 Å². The largest absolute Gasteiger partial charge is 0.337 e. The molecule has 0 saturated carbocycles. The van der Waals surface area contributed by atoms with Crippen LogP contribution in [0.5, 0.6) is 0 Å². The molecule has 1 saturated heterocycles. The van der Waals surface area contributed by atoms with Crippen LogP contribution in [0, 0.1) is 11.6 Å². The van der Waals surface area contributed by atoms with E-state index in [9.17, 15) is 13.6 Å². The topological polar surface area (TPSA) is 32.3 Å². The van der Waals surface area contributed by atoms with Crippen molar-refractivity contribution in [2.45, 2.75) is 38.8 Å². The van der Waals surface area contributed by atoms with Crippen molar-refractivity contribution in [3.8, 4) is 0 Å². The van der Waals surface area contributed by atoms with Gasteiger partial charge in [0.1, 0.15) is 11.6 Å². The number of rotatable bonds is 4. The van der Waals surface area contributed by atoms with Gasteiger partial charge in [-0.1, -0.05) is 12.5 Å². The van der Waals surface area contributed by atoms with Gasteiger partial charge < -0.3 is 10.2 Å². The Labute approximate surface area is 118 Å². The first-order valence-electron chi connectivity index (χ1n) is 7.08. The molecule has 1 aliphatic heterocycles. The van der Waals surface area contributed by atoms with Crippen molar-refractivity contribution in [3.05, 3.63) is 35.4 Å². The molecular weight excluding hydrogens is 262 g/mol. The normalized spacial score (nSPS) is 18.9. The van der Waals surface area contributed by atoms with Crippen LogP contribution in [0.4, 0.5) is 8.78 Å². The molecule has 0 aliphatic carbocycles. The van der Waals surface area contributed by atoms with Crippen LogP contribution in [0.3, 0.4) is 0 Å². The number of carbonyl (C=O) groups excluding carboxylic acids is 1. The summed E-state index contributed by atoms with van der Waals surface area (Å²) in [5.74, 6) is -1.28. The van der Waals surface area contributed by atoms with Gasteiger partial charge in [0, 0.05) is 12.1 Å². The van der Waals surface area contributed by atoms with E-state index in [-0.39, 0.29) is 24.1 Å². The molecule has 1 aromatic carbocycles. The van der Waals surface area contributed by atoms with Crippen molar-refractivity contribution in [2.24, 2.45) is 0 Å². The molecule has 110 valence electrons. The summed E-state index contributed by atoms with van der Waals surface area (Å²) >= 11 is 0. The molecule has 1 amide bonds. The number of nitrogens with one attached hydrogen (secondary N) is 1. The second-order valence-corrected chi connectivity index (χ2v) is 5.06. The van der Waals surface area contributed by atoms with E-state index in [0.29, 0.717) is 6.54 Å². The Bertz CT molecular complexity index is 453. The lowest BCUT2D eigenvalue weighted by atomic mass is 10.0. The molecule has 0 aromatic heterocycles. The highest BCUT2D eigenvalue weighted by atomic mass is 19.1. The molecule has 0 radical (unpaired) electrons. The summed E-state index contributed by atoms with van der Waals surface area (Å²) < 4.78 is 27.3. The predicted molar refractivity (Wildman–Crippen MR) is 73.1 cm³/mol. The van der Waals surface area contributed by atoms with E-state index in [1.54, 1.807) is 0 Å². The second kappa shape index (κ2) is 6.79. The number of halogens is 2. The van der Waals surface area contributed by atoms with E-state index in [1.165, 1.54) is 23.1 Å². The van der Waals surface area contributed by atoms with Gasteiger partial charge in [0.2, 0.25) is 5.91 Å². The molecule has 20 heavy (non-hydrogen) atoms. The molecule has 5 heteroatoms. The third kappa shape index (κ3) is 3.33. The number of nitrogens with zero attached hydrogens (tertiary/aromatic N) is 1. The standard InChI is InChI=1S/C15H20F2N2O/c1-2-19(15(20)14-8-3-4-9-18-14)10-11-12(16)6-5-7-13(11)17/h5-7,14,18H,2-4,8-10H2,1H3. The summed E-state index contributed by atoms with van der Waals surface area (Å²) in [5.41, 5.74) is -0.0430. The van der Waals surface area contributed by atoms with Gasteiger partial charge in [-0.25, -0.2) is 8.78 Å². The summed E-state index contributed by atoms with van der Waals surface area (Å²) in [6.45, 7) is 3.05. The lowest BCUT2D eigenvalue weighted by Gasteiger charge is -2.29. The summed E-state index contributed by atoms with van der Waals surface area (Å²) in [5, 5.41) is 3.17. The van der Waals surface area contributed by atoms with Gasteiger partial charge in [-0.3, -0.25) is 4.79 Å². The molecule has 1 fully saturated rings. The fraction of sp³-hybridized carbons (Fsp3) is 0.533. The van der Waals surface area contributed by atoms with Crippen molar-refractivity contribution in [1.29, 1.82) is 0 Å². The highest BCUT2D eigenvalue weighted by Crippen LogP contribution is 2.17. The van der Waals surface area contributed by atoms with Gasteiger partial charge in [-0.05, 0) is 38.4 Å². The molecule has 3 nitrogen and oxygen atoms in total. The average molecular weight is 282 g/mol. The van der Waals surface area contributed by atoms with Crippen molar-refractivity contribution in [3.63, 3.8) is 0 Å². The van der Waals surface area contributed by atoms with E-state index in [2.05, 4.69) is 5.32 Å². The maximum atomic E-state index is 13.7. The lowest BCUT2D eigenvalue weighted by Crippen LogP contribution is -2.48. The van der Waals surface area contributed by atoms with Crippen LogP contribution < -0.4 is 5.32 Å². The number of amides is 1. The Morgan fingerprint density at radius 2 is 2.05 bits per heavy atom. The van der Waals surface area contributed by atoms with E-state index < -0.39 is 11.6 Å². The zero-order valence-corrected chi connectivity index (χ0v) is 11.7. The smallest absolute Gasteiger partial charge is 0.239 e. The minimum Gasteiger partial charge on any atom is -0.337 e. The Kier molecular flexibility index (Phi) is 5.06. The van der Waals surface area contributed by atoms with Crippen LogP contribution >= 0.6 is 0 Å². The summed E-state index contributed by atoms with van der Waals surface area (Å²) in [6, 6.07) is 3.54. The molecule has 1 atom stereocenters. The van der Waals surface area contributed by atoms with Gasteiger partial charge in [0.15, 0.2) is 0 Å². The number of carbonyl (C=O) groups is 1. The third-order valence-corrected chi connectivity index (χ3v) is 3.71. The minimum atomic E-state index is -0.604. The monoisotopic (exact) mass is 282 g/mol. The van der Waals surface area contributed by atoms with E-state index in [4.69, 9.17) is 0 Å². The molecule has 1 heterocycles. The first-order valence-corrected chi connectivity index (χ1v) is 7.08. The predicted octanol–water partition coefficient (Wildman–Crippen LogP) is 2.46. The fourth-order valence-electron chi connectivity index (χ4n) is 2.50. The van der Waals surface area contributed by atoms with Crippen LogP contribution in [0.2, 0.25) is 0 Å². The molecule has 1 N–H and O–H groups in total. The average Bonchev–Trinajstić information content (AvgIpc) is 2.47. The van der Waals surface area contributed by atoms with Gasteiger partial charge in [0.05, 0.1) is 12.6 Å². The van der Waals surface area contributed by atoms with Crippen LogP contribution in [0.25, 0.3) is 0 Å². The zero-order chi connectivity index (χ0) is 14.5. The molecule has 1 unspecified atom stereocenters. The third-order valence-electron chi connectivity index (χ3n) is 3.71. The van der Waals surface area contributed by atoms with Gasteiger partial charge in [0.25, 0.3) is 0 Å². The lowest BCUT2D eigenvalue weighted by molar-refractivity contribution is -0.134. The van der Waals surface area contributed by atoms with E-state index in [1.807, 2.05) is 6.92 Å². The van der Waals surface area contributed by atoms with Crippen molar-refractivity contribution in [2.75, 3.05) is 13.1 Å². The first kappa shape index (κ1) is 14.9. The number of hydrogen-bond acceptors (Lipinski definition) is 2. The Morgan fingerprint density at radius 1 is 1.35 bits per heavy atom. The minimum absolute atomic E-state index is 0.0218. The maximum Gasteiger partial charge on any atom is 0.239 e. The molecule has 2 rings (SSSR count). The summed E-state index contributed by atoms with van der Waals surface area (Å²) in [7, 11) is 0. The quantitative estimate of drug-likeness (QED) is 0.920. The molecule has 1 aromatic rings. The van der Waals surface area contributed by atoms with E-state index in [0.717, 1.165) is 25.8 Å². The van der Waals surface area contributed by atoms with Crippen molar-refractivity contribution < 1.29 is 13.6 Å². The summed E-state index contributed by atoms with van der Waals surface area (Å²) in [4.78, 5) is 13.9. The van der Waals surface area contributed by atoms with Crippen molar-refractivity contribution in [1.82, 2.24) is 10.2 Å². The number of likely N-dealkylation sites (N-methyl/N-ethyl adjacent to an activating group) is 1. The first-order chi connectivity index (χ1) is 9.63. The highest BCUT2D eigenvalue weighted by molar-refractivity contribution is 5.82. The van der Waals surface area contributed by atoms with Crippen LogP contribution in [0.1, 0.15) is 31.7 Å². The molecule has 1 aliphatic rings. The Morgan fingerprint density at radius 3 is 2.60 bits per heavy atom. The number of piperidine rings is 1. The van der Waals surface area contributed by atoms with Gasteiger partial charge in [-0.15, -0.1) is 0 Å². The van der Waals surface area contributed by atoms with Crippen LogP contribution in [-0.4, -0.2) is 29.9 Å². The van der Waals surface area contributed by atoms with Crippen LogP contribution in [0.15, 0.2) is 18.2 Å². The SMILES string of the molecule is CCN(Cc1c(F)cccc1F)C(=O)C1CCCCN1. The van der Waals surface area contributed by atoms with Gasteiger partial charge in [-0.2, -0.15) is 0 Å².